The first-order valence-electron chi connectivity index (χ1n) is 8.03. The summed E-state index contributed by atoms with van der Waals surface area (Å²) < 4.78 is 11.2. The van der Waals surface area contributed by atoms with Crippen LogP contribution in [0, 0.1) is 0 Å². The Hall–Kier alpha value is -2.29. The van der Waals surface area contributed by atoms with Gasteiger partial charge in [-0.2, -0.15) is 5.10 Å². The van der Waals surface area contributed by atoms with E-state index in [4.69, 9.17) is 9.15 Å². The summed E-state index contributed by atoms with van der Waals surface area (Å²) in [6, 6.07) is -0.433. The average Bonchev–Trinajstić information content (AvgIpc) is 3.07. The number of hydrogen-bond acceptors (Lipinski definition) is 7. The van der Waals surface area contributed by atoms with E-state index in [1.165, 1.54) is 5.01 Å². The third kappa shape index (κ3) is 3.16. The first-order chi connectivity index (χ1) is 11.5. The number of hydrogen-bond donors (Lipinski definition) is 0. The smallest absolute Gasteiger partial charge is 0.270 e. The normalized spacial score (nSPS) is 22.1. The molecule has 2 aliphatic rings. The van der Waals surface area contributed by atoms with Crippen molar-refractivity contribution in [2.45, 2.75) is 38.6 Å². The molecular weight excluding hydrogens is 314 g/mol. The van der Waals surface area contributed by atoms with Crippen LogP contribution in [0.5, 0.6) is 0 Å². The van der Waals surface area contributed by atoms with Crippen molar-refractivity contribution < 1.29 is 18.7 Å². The molecule has 1 fully saturated rings. The van der Waals surface area contributed by atoms with Crippen molar-refractivity contribution in [3.05, 3.63) is 11.8 Å². The van der Waals surface area contributed by atoms with Gasteiger partial charge in [-0.15, -0.1) is 10.2 Å². The highest BCUT2D eigenvalue weighted by Gasteiger charge is 2.36. The molecule has 0 saturated carbocycles. The molecule has 2 amide bonds. The molecule has 0 radical (unpaired) electrons. The van der Waals surface area contributed by atoms with Gasteiger partial charge in [0.2, 0.25) is 17.7 Å². The highest BCUT2D eigenvalue weighted by molar-refractivity contribution is 6.39. The third-order valence-corrected chi connectivity index (χ3v) is 4.08. The van der Waals surface area contributed by atoms with Crippen molar-refractivity contribution in [3.8, 4) is 0 Å². The van der Waals surface area contributed by atoms with E-state index in [0.29, 0.717) is 43.7 Å². The monoisotopic (exact) mass is 335 g/mol. The van der Waals surface area contributed by atoms with Gasteiger partial charge in [0.1, 0.15) is 11.8 Å². The molecule has 0 N–H and O–H groups in total. The predicted octanol–water partition coefficient (Wildman–Crippen LogP) is 0.701. The van der Waals surface area contributed by atoms with Crippen molar-refractivity contribution >= 4 is 17.5 Å². The van der Waals surface area contributed by atoms with Gasteiger partial charge in [-0.1, -0.05) is 13.8 Å². The van der Waals surface area contributed by atoms with Crippen LogP contribution in [0.3, 0.4) is 0 Å². The lowest BCUT2D eigenvalue weighted by Gasteiger charge is -2.34. The summed E-state index contributed by atoms with van der Waals surface area (Å²) >= 11 is 0. The summed E-state index contributed by atoms with van der Waals surface area (Å²) in [5.74, 6) is 0.702. The molecule has 24 heavy (non-hydrogen) atoms. The number of morpholine rings is 1. The molecule has 1 aromatic heterocycles. The van der Waals surface area contributed by atoms with Gasteiger partial charge in [0, 0.05) is 32.4 Å². The molecule has 0 unspecified atom stereocenters. The van der Waals surface area contributed by atoms with Gasteiger partial charge in [-0.05, 0) is 0 Å². The van der Waals surface area contributed by atoms with E-state index in [2.05, 4.69) is 15.3 Å². The Balaban J connectivity index is 1.82. The molecule has 3 rings (SSSR count). The Labute approximate surface area is 139 Å². The zero-order chi connectivity index (χ0) is 17.3. The van der Waals surface area contributed by atoms with E-state index in [-0.39, 0.29) is 24.2 Å². The molecule has 1 saturated heterocycles. The topological polar surface area (TPSA) is 101 Å². The molecule has 3 heterocycles. The van der Waals surface area contributed by atoms with E-state index in [0.717, 1.165) is 0 Å². The Morgan fingerprint density at radius 1 is 1.29 bits per heavy atom. The number of aromatic nitrogens is 2. The second-order valence-electron chi connectivity index (χ2n) is 6.19. The molecule has 130 valence electrons. The van der Waals surface area contributed by atoms with Gasteiger partial charge in [0.25, 0.3) is 5.91 Å². The summed E-state index contributed by atoms with van der Waals surface area (Å²) in [5, 5.41) is 13.4. The summed E-state index contributed by atoms with van der Waals surface area (Å²) in [5.41, 5.74) is 0.368. The Morgan fingerprint density at radius 2 is 2.08 bits per heavy atom. The number of rotatable bonds is 3. The molecule has 0 aliphatic carbocycles. The Morgan fingerprint density at radius 3 is 2.75 bits per heavy atom. The minimum atomic E-state index is -0.433. The minimum Gasteiger partial charge on any atom is -0.423 e. The van der Waals surface area contributed by atoms with Crippen LogP contribution in [0.4, 0.5) is 0 Å². The van der Waals surface area contributed by atoms with Crippen LogP contribution >= 0.6 is 0 Å². The van der Waals surface area contributed by atoms with Gasteiger partial charge >= 0.3 is 0 Å². The fraction of sp³-hybridized carbons (Fsp3) is 0.667. The molecule has 0 aromatic carbocycles. The first kappa shape index (κ1) is 16.6. The van der Waals surface area contributed by atoms with Crippen molar-refractivity contribution in [3.63, 3.8) is 0 Å². The molecule has 0 bridgehead atoms. The van der Waals surface area contributed by atoms with E-state index in [9.17, 15) is 9.59 Å². The number of carbonyl (C=O) groups excluding carboxylic acids is 2. The van der Waals surface area contributed by atoms with Gasteiger partial charge in [-0.25, -0.2) is 5.01 Å². The van der Waals surface area contributed by atoms with Crippen LogP contribution in [-0.2, 0) is 14.3 Å². The van der Waals surface area contributed by atoms with Crippen LogP contribution in [0.2, 0.25) is 0 Å². The molecule has 9 nitrogen and oxygen atoms in total. The molecule has 2 aliphatic heterocycles. The molecule has 1 atom stereocenters. The highest BCUT2D eigenvalue weighted by atomic mass is 16.5. The maximum atomic E-state index is 12.8. The average molecular weight is 335 g/mol. The van der Waals surface area contributed by atoms with E-state index in [1.807, 2.05) is 13.8 Å². The van der Waals surface area contributed by atoms with Crippen LogP contribution in [0.1, 0.15) is 50.4 Å². The van der Waals surface area contributed by atoms with Crippen LogP contribution in [-0.4, -0.2) is 64.4 Å². The fourth-order valence-corrected chi connectivity index (χ4v) is 2.66. The van der Waals surface area contributed by atoms with Crippen molar-refractivity contribution in [2.75, 3.05) is 26.8 Å². The second-order valence-corrected chi connectivity index (χ2v) is 6.19. The van der Waals surface area contributed by atoms with Gasteiger partial charge in [0.15, 0.2) is 0 Å². The molecule has 9 heteroatoms. The number of hydrazone groups is 1. The van der Waals surface area contributed by atoms with Crippen LogP contribution < -0.4 is 0 Å². The Bertz CT molecular complexity index is 669. The SMILES string of the molecule is CC(C)c1nnc([C@@H]2COCCN2C(=O)C2=NN(C)C(=O)CC2)o1. The molecule has 1 aromatic rings. The largest absolute Gasteiger partial charge is 0.423 e. The predicted molar refractivity (Wildman–Crippen MR) is 83.1 cm³/mol. The van der Waals surface area contributed by atoms with E-state index < -0.39 is 6.04 Å². The molecular formula is C15H21N5O4. The van der Waals surface area contributed by atoms with Gasteiger partial charge < -0.3 is 14.1 Å². The van der Waals surface area contributed by atoms with Crippen molar-refractivity contribution in [1.82, 2.24) is 20.1 Å². The second kappa shape index (κ2) is 6.68. The number of nitrogens with zero attached hydrogens (tertiary/aromatic N) is 5. The summed E-state index contributed by atoms with van der Waals surface area (Å²) in [6.45, 7) is 5.07. The van der Waals surface area contributed by atoms with Gasteiger partial charge in [-0.3, -0.25) is 9.59 Å². The fourth-order valence-electron chi connectivity index (χ4n) is 2.66. The van der Waals surface area contributed by atoms with Crippen LogP contribution in [0.15, 0.2) is 9.52 Å². The highest BCUT2D eigenvalue weighted by Crippen LogP contribution is 2.26. The standard InChI is InChI=1S/C15H21N5O4/c1-9(2)13-16-17-14(24-13)11-8-23-7-6-20(11)15(22)10-4-5-12(21)19(3)18-10/h9,11H,4-8H2,1-3H3/t11-/m0/s1. The summed E-state index contributed by atoms with van der Waals surface area (Å²) in [4.78, 5) is 26.0. The third-order valence-electron chi connectivity index (χ3n) is 4.08. The zero-order valence-electron chi connectivity index (χ0n) is 14.1. The maximum Gasteiger partial charge on any atom is 0.270 e. The number of amides is 2. The quantitative estimate of drug-likeness (QED) is 0.806. The number of ether oxygens (including phenoxy) is 1. The first-order valence-corrected chi connectivity index (χ1v) is 8.03. The van der Waals surface area contributed by atoms with E-state index in [1.54, 1.807) is 11.9 Å². The lowest BCUT2D eigenvalue weighted by Crippen LogP contribution is -2.47. The van der Waals surface area contributed by atoms with Crippen molar-refractivity contribution in [2.24, 2.45) is 5.10 Å². The minimum absolute atomic E-state index is 0.0939. The maximum absolute atomic E-state index is 12.8. The van der Waals surface area contributed by atoms with Crippen molar-refractivity contribution in [1.29, 1.82) is 0 Å². The number of carbonyl (C=O) groups is 2. The zero-order valence-corrected chi connectivity index (χ0v) is 14.1. The van der Waals surface area contributed by atoms with Crippen LogP contribution in [0.25, 0.3) is 0 Å². The van der Waals surface area contributed by atoms with Gasteiger partial charge in [0.05, 0.1) is 13.2 Å². The summed E-state index contributed by atoms with van der Waals surface area (Å²) in [7, 11) is 1.55. The lowest BCUT2D eigenvalue weighted by molar-refractivity contribution is -0.134. The Kier molecular flexibility index (Phi) is 4.61. The van der Waals surface area contributed by atoms with E-state index >= 15 is 0 Å². The molecule has 0 spiro atoms. The summed E-state index contributed by atoms with van der Waals surface area (Å²) in [6.07, 6.45) is 0.626. The lowest BCUT2D eigenvalue weighted by atomic mass is 10.1.